The summed E-state index contributed by atoms with van der Waals surface area (Å²) >= 11 is 0. The summed E-state index contributed by atoms with van der Waals surface area (Å²) in [5.41, 5.74) is 0. The predicted octanol–water partition coefficient (Wildman–Crippen LogP) is 5.80. The van der Waals surface area contributed by atoms with Crippen LogP contribution >= 0.6 is 22.5 Å². The summed E-state index contributed by atoms with van der Waals surface area (Å²) in [5.74, 6) is 1.45. The molecule has 4 nitrogen and oxygen atoms in total. The van der Waals surface area contributed by atoms with Gasteiger partial charge in [0.25, 0.3) is 0 Å². The van der Waals surface area contributed by atoms with E-state index in [1.165, 1.54) is 58.3 Å². The number of hydrogen-bond donors (Lipinski definition) is 0. The maximum Gasteiger partial charge on any atom is 0.175 e. The Kier molecular flexibility index (Phi) is 10.1. The molecular formula is C17H42N4P3+. The standard InChI is InChI=1S/C17H42N4P3/c1-9-18(10-2)23(19(11-3)12-4)17-24(22-23,20(13-5)14-6)21(15-7)16-8/h9-17H2,1-8H3/q+1. The Morgan fingerprint density at radius 1 is 0.500 bits per heavy atom. The molecule has 0 aliphatic carbocycles. The zero-order chi connectivity index (χ0) is 18.4. The van der Waals surface area contributed by atoms with Gasteiger partial charge in [-0.2, -0.15) is 18.7 Å². The summed E-state index contributed by atoms with van der Waals surface area (Å²) in [5, 5.41) is 0. The third-order valence-corrected chi connectivity index (χ3v) is 27.1. The van der Waals surface area contributed by atoms with Gasteiger partial charge in [-0.05, 0) is 63.3 Å². The van der Waals surface area contributed by atoms with E-state index in [0.717, 1.165) is 0 Å². The number of nitrogens with zero attached hydrogens (tertiary/aromatic N) is 4. The van der Waals surface area contributed by atoms with E-state index in [1.54, 1.807) is 7.96 Å². The maximum absolute atomic E-state index is 2.84. The van der Waals surface area contributed by atoms with E-state index in [0.29, 0.717) is 0 Å². The van der Waals surface area contributed by atoms with Gasteiger partial charge in [-0.3, -0.25) is 0 Å². The van der Waals surface area contributed by atoms with E-state index in [9.17, 15) is 0 Å². The lowest BCUT2D eigenvalue weighted by atomic mass is 10.7. The zero-order valence-corrected chi connectivity index (χ0v) is 20.2. The second-order valence-corrected chi connectivity index (χ2v) is 18.5. The largest absolute Gasteiger partial charge is 0.186 e. The fraction of sp³-hybridized carbons (Fsp3) is 1.00. The van der Waals surface area contributed by atoms with Gasteiger partial charge in [-0.25, -0.2) is 0 Å². The molecule has 1 heterocycles. The second-order valence-electron chi connectivity index (χ2n) is 6.17. The topological polar surface area (TPSA) is 13.0 Å². The van der Waals surface area contributed by atoms with Crippen molar-refractivity contribution in [2.75, 3.05) is 58.3 Å². The van der Waals surface area contributed by atoms with E-state index in [4.69, 9.17) is 0 Å². The van der Waals surface area contributed by atoms with Crippen molar-refractivity contribution in [1.82, 2.24) is 18.7 Å². The van der Waals surface area contributed by atoms with Gasteiger partial charge in [0.15, 0.2) is 5.90 Å². The van der Waals surface area contributed by atoms with Crippen molar-refractivity contribution in [2.24, 2.45) is 0 Å². The van der Waals surface area contributed by atoms with Crippen LogP contribution in [0.4, 0.5) is 0 Å². The second kappa shape index (κ2) is 10.5. The van der Waals surface area contributed by atoms with Crippen LogP contribution in [-0.4, -0.2) is 76.9 Å². The third-order valence-electron chi connectivity index (χ3n) is 5.40. The average molecular weight is 395 g/mol. The fourth-order valence-corrected chi connectivity index (χ4v) is 30.5. The molecule has 0 saturated carbocycles. The molecule has 0 amide bonds. The van der Waals surface area contributed by atoms with Gasteiger partial charge >= 0.3 is 0 Å². The summed E-state index contributed by atoms with van der Waals surface area (Å²) in [7, 11) is -0.550. The van der Waals surface area contributed by atoms with Crippen LogP contribution in [0.5, 0.6) is 0 Å². The van der Waals surface area contributed by atoms with Crippen molar-refractivity contribution in [2.45, 2.75) is 55.4 Å². The lowest BCUT2D eigenvalue weighted by Crippen LogP contribution is -2.47. The molecule has 144 valence electrons. The molecule has 0 aromatic heterocycles. The van der Waals surface area contributed by atoms with Gasteiger partial charge in [0.1, 0.15) is 0 Å². The molecule has 1 aliphatic rings. The first-order valence-corrected chi connectivity index (χ1v) is 16.1. The van der Waals surface area contributed by atoms with E-state index in [1.807, 2.05) is 0 Å². The smallest absolute Gasteiger partial charge is 0.175 e. The average Bonchev–Trinajstić information content (AvgIpc) is 2.57. The van der Waals surface area contributed by atoms with Gasteiger partial charge in [0, 0.05) is 52.4 Å². The van der Waals surface area contributed by atoms with E-state index >= 15 is 0 Å². The van der Waals surface area contributed by atoms with Crippen LogP contribution in [0.2, 0.25) is 0 Å². The molecule has 0 spiro atoms. The molecule has 1 aliphatic heterocycles. The molecule has 1 rings (SSSR count). The maximum atomic E-state index is 2.84. The van der Waals surface area contributed by atoms with Gasteiger partial charge in [-0.15, -0.1) is 0 Å². The molecule has 0 N–H and O–H groups in total. The van der Waals surface area contributed by atoms with Crippen molar-refractivity contribution < 1.29 is 0 Å². The summed E-state index contributed by atoms with van der Waals surface area (Å²) < 4.78 is 11.4. The Hall–Kier alpha value is 1.13. The van der Waals surface area contributed by atoms with E-state index in [-0.39, 0.29) is 0 Å². The Morgan fingerprint density at radius 3 is 0.792 bits per heavy atom. The minimum atomic E-state index is -1.17. The molecule has 1 fully saturated rings. The zero-order valence-electron chi connectivity index (χ0n) is 17.5. The van der Waals surface area contributed by atoms with E-state index in [2.05, 4.69) is 74.1 Å². The first-order chi connectivity index (χ1) is 11.5. The quantitative estimate of drug-likeness (QED) is 0.387. The normalized spacial score (nSPS) is 19.5. The van der Waals surface area contributed by atoms with E-state index < -0.39 is 14.5 Å². The Bertz CT molecular complexity index is 288. The Balaban J connectivity index is 3.25. The van der Waals surface area contributed by atoms with Crippen LogP contribution < -0.4 is 0 Å². The summed E-state index contributed by atoms with van der Waals surface area (Å²) in [6, 6.07) is 0. The Labute approximate surface area is 155 Å². The minimum absolute atomic E-state index is 1.17. The van der Waals surface area contributed by atoms with Crippen LogP contribution in [0.1, 0.15) is 55.4 Å². The molecule has 0 radical (unpaired) electrons. The van der Waals surface area contributed by atoms with Crippen LogP contribution in [0.15, 0.2) is 0 Å². The van der Waals surface area contributed by atoms with Gasteiger partial charge in [0.05, 0.1) is 14.5 Å². The van der Waals surface area contributed by atoms with Crippen molar-refractivity contribution in [3.8, 4) is 0 Å². The lowest BCUT2D eigenvalue weighted by molar-refractivity contribution is 0.402. The molecular weight excluding hydrogens is 353 g/mol. The molecule has 24 heavy (non-hydrogen) atoms. The summed E-state index contributed by atoms with van der Waals surface area (Å²) in [6.07, 6.45) is 0. The Morgan fingerprint density at radius 2 is 0.667 bits per heavy atom. The lowest BCUT2D eigenvalue weighted by Gasteiger charge is -2.64. The van der Waals surface area contributed by atoms with Crippen molar-refractivity contribution in [3.63, 3.8) is 0 Å². The molecule has 0 bridgehead atoms. The third kappa shape index (κ3) is 4.01. The molecule has 0 aromatic carbocycles. The van der Waals surface area contributed by atoms with Crippen molar-refractivity contribution >= 4 is 22.5 Å². The number of rotatable bonds is 12. The summed E-state index contributed by atoms with van der Waals surface area (Å²) in [4.78, 5) is 0. The SMILES string of the molecule is CCN(CC)[P+]1(N(CC)CC)C[P+](N(CC)CC)(N(CC)CC)[P-]1. The first-order valence-electron chi connectivity index (χ1n) is 10.0. The van der Waals surface area contributed by atoms with Crippen molar-refractivity contribution in [1.29, 1.82) is 0 Å². The molecule has 0 aromatic rings. The monoisotopic (exact) mass is 395 g/mol. The molecule has 0 atom stereocenters. The number of hydrogen-bond acceptors (Lipinski definition) is 4. The van der Waals surface area contributed by atoms with Crippen LogP contribution in [-0.2, 0) is 0 Å². The van der Waals surface area contributed by atoms with Crippen molar-refractivity contribution in [3.05, 3.63) is 0 Å². The van der Waals surface area contributed by atoms with Crippen LogP contribution in [0.3, 0.4) is 0 Å². The summed E-state index contributed by atoms with van der Waals surface area (Å²) in [6.45, 7) is 28.5. The molecule has 7 heteroatoms. The molecule has 0 unspecified atom stereocenters. The van der Waals surface area contributed by atoms with Gasteiger partial charge in [-0.1, -0.05) is 0 Å². The van der Waals surface area contributed by atoms with Crippen LogP contribution in [0.25, 0.3) is 0 Å². The molecule has 1 saturated heterocycles. The highest BCUT2D eigenvalue weighted by molar-refractivity contribution is 8.69. The predicted molar refractivity (Wildman–Crippen MR) is 117 cm³/mol. The van der Waals surface area contributed by atoms with Gasteiger partial charge in [0.2, 0.25) is 0 Å². The highest BCUT2D eigenvalue weighted by Crippen LogP contribution is 3.10. The highest BCUT2D eigenvalue weighted by Gasteiger charge is 2.67. The van der Waals surface area contributed by atoms with Crippen LogP contribution in [0, 0.1) is 0 Å². The minimum Gasteiger partial charge on any atom is -0.186 e. The fourth-order valence-electron chi connectivity index (χ4n) is 4.12. The first kappa shape index (κ1) is 23.2. The highest BCUT2D eigenvalue weighted by atomic mass is 32.5. The van der Waals surface area contributed by atoms with Gasteiger partial charge < -0.3 is 0 Å².